The Morgan fingerprint density at radius 2 is 1.83 bits per heavy atom. The number of hydrogen-bond acceptors (Lipinski definition) is 3. The van der Waals surface area contributed by atoms with Crippen LogP contribution in [0.1, 0.15) is 16.7 Å². The summed E-state index contributed by atoms with van der Waals surface area (Å²) in [6.45, 7) is 1.95. The normalized spacial score (nSPS) is 11.9. The third-order valence-corrected chi connectivity index (χ3v) is 3.46. The van der Waals surface area contributed by atoms with Crippen molar-refractivity contribution in [2.75, 3.05) is 0 Å². The van der Waals surface area contributed by atoms with Crippen molar-refractivity contribution in [2.24, 2.45) is 0 Å². The monoisotopic (exact) mass is 240 g/mol. The van der Waals surface area contributed by atoms with Crippen molar-refractivity contribution in [3.63, 3.8) is 0 Å². The molecule has 0 unspecified atom stereocenters. The summed E-state index contributed by atoms with van der Waals surface area (Å²) in [5, 5.41) is 17.8. The van der Waals surface area contributed by atoms with Crippen molar-refractivity contribution in [3.05, 3.63) is 53.1 Å². The summed E-state index contributed by atoms with van der Waals surface area (Å²) >= 11 is 0. The summed E-state index contributed by atoms with van der Waals surface area (Å²) in [5.74, 6) is 0.525. The number of rotatable bonds is 2. The van der Waals surface area contributed by atoms with E-state index in [1.165, 1.54) is 22.3 Å². The molecule has 0 atom stereocenters. The summed E-state index contributed by atoms with van der Waals surface area (Å²) in [6.07, 6.45) is 0.871. The summed E-state index contributed by atoms with van der Waals surface area (Å²) in [4.78, 5) is 0. The predicted molar refractivity (Wildman–Crippen MR) is 70.2 cm³/mol. The Kier molecular flexibility index (Phi) is 2.61. The average Bonchev–Trinajstić information content (AvgIpc) is 2.72. The van der Waals surface area contributed by atoms with Crippen molar-refractivity contribution >= 4 is 7.32 Å². The predicted octanol–water partition coefficient (Wildman–Crippen LogP) is 1.91. The third-order valence-electron chi connectivity index (χ3n) is 3.46. The molecule has 0 saturated carbocycles. The first-order chi connectivity index (χ1) is 8.66. The van der Waals surface area contributed by atoms with Crippen molar-refractivity contribution in [1.82, 2.24) is 0 Å². The van der Waals surface area contributed by atoms with Gasteiger partial charge in [0.2, 0.25) is 0 Å². The van der Waals surface area contributed by atoms with E-state index in [0.717, 1.165) is 12.0 Å². The Balaban J connectivity index is 2.10. The van der Waals surface area contributed by atoms with Gasteiger partial charge in [-0.3, -0.25) is 0 Å². The second kappa shape index (κ2) is 4.16. The minimum Gasteiger partial charge on any atom is -0.512 e. The van der Waals surface area contributed by atoms with Gasteiger partial charge in [-0.1, -0.05) is 30.3 Å². The van der Waals surface area contributed by atoms with Gasteiger partial charge < -0.3 is 14.7 Å². The molecule has 2 aromatic carbocycles. The molecule has 3 nitrogen and oxygen atoms in total. The van der Waals surface area contributed by atoms with Crippen LogP contribution in [0.4, 0.5) is 0 Å². The Hall–Kier alpha value is -1.78. The molecular formula is C14H13BO3. The van der Waals surface area contributed by atoms with E-state index in [-0.39, 0.29) is 0 Å². The van der Waals surface area contributed by atoms with Crippen molar-refractivity contribution in [3.8, 4) is 16.9 Å². The van der Waals surface area contributed by atoms with E-state index < -0.39 is 7.32 Å². The molecule has 90 valence electrons. The number of benzene rings is 2. The van der Waals surface area contributed by atoms with Crippen LogP contribution in [0.5, 0.6) is 5.75 Å². The van der Waals surface area contributed by atoms with Gasteiger partial charge >= 0.3 is 7.32 Å². The van der Waals surface area contributed by atoms with Gasteiger partial charge in [-0.2, -0.15) is 0 Å². The fourth-order valence-electron chi connectivity index (χ4n) is 2.58. The highest BCUT2D eigenvalue weighted by Crippen LogP contribution is 2.40. The zero-order chi connectivity index (χ0) is 12.7. The minimum absolute atomic E-state index is 0.525. The van der Waals surface area contributed by atoms with Crippen LogP contribution < -0.4 is 4.65 Å². The van der Waals surface area contributed by atoms with Gasteiger partial charge in [-0.05, 0) is 47.2 Å². The van der Waals surface area contributed by atoms with E-state index in [2.05, 4.69) is 12.1 Å². The van der Waals surface area contributed by atoms with E-state index in [4.69, 9.17) is 14.7 Å². The van der Waals surface area contributed by atoms with Crippen LogP contribution >= 0.6 is 0 Å². The van der Waals surface area contributed by atoms with Gasteiger partial charge in [0.05, 0.1) is 0 Å². The topological polar surface area (TPSA) is 49.7 Å². The maximum atomic E-state index is 8.89. The Labute approximate surface area is 106 Å². The van der Waals surface area contributed by atoms with Crippen LogP contribution in [0, 0.1) is 6.92 Å². The van der Waals surface area contributed by atoms with Crippen LogP contribution in [-0.2, 0) is 6.42 Å². The molecule has 0 radical (unpaired) electrons. The van der Waals surface area contributed by atoms with E-state index >= 15 is 0 Å². The van der Waals surface area contributed by atoms with Crippen LogP contribution in [0.2, 0.25) is 0 Å². The lowest BCUT2D eigenvalue weighted by Gasteiger charge is -2.12. The SMILES string of the molecule is Cc1c(OB(O)O)ccc2c1Cc1ccccc1-2. The first kappa shape index (κ1) is 11.3. The lowest BCUT2D eigenvalue weighted by Crippen LogP contribution is -2.21. The molecule has 0 aromatic heterocycles. The molecule has 2 aromatic rings. The fraction of sp³-hybridized carbons (Fsp3) is 0.143. The average molecular weight is 240 g/mol. The summed E-state index contributed by atoms with van der Waals surface area (Å²) in [6, 6.07) is 12.1. The second-order valence-electron chi connectivity index (χ2n) is 4.49. The van der Waals surface area contributed by atoms with Crippen LogP contribution in [-0.4, -0.2) is 17.4 Å². The molecule has 0 bridgehead atoms. The molecule has 0 fully saturated rings. The van der Waals surface area contributed by atoms with E-state index in [1.807, 2.05) is 25.1 Å². The third kappa shape index (κ3) is 1.70. The lowest BCUT2D eigenvalue weighted by atomic mass is 10.0. The summed E-state index contributed by atoms with van der Waals surface area (Å²) in [7, 11) is -1.77. The highest BCUT2D eigenvalue weighted by Gasteiger charge is 2.22. The van der Waals surface area contributed by atoms with Gasteiger partial charge in [0.25, 0.3) is 0 Å². The maximum Gasteiger partial charge on any atom is 0.707 e. The molecule has 18 heavy (non-hydrogen) atoms. The van der Waals surface area contributed by atoms with Gasteiger partial charge in [-0.15, -0.1) is 0 Å². The molecule has 1 aliphatic rings. The molecule has 0 heterocycles. The molecular weight excluding hydrogens is 227 g/mol. The summed E-state index contributed by atoms with van der Waals surface area (Å²) in [5.41, 5.74) is 5.94. The Bertz CT molecular complexity index is 608. The number of hydrogen-bond donors (Lipinski definition) is 2. The molecule has 2 N–H and O–H groups in total. The van der Waals surface area contributed by atoms with Gasteiger partial charge in [0.15, 0.2) is 0 Å². The standard InChI is InChI=1S/C14H13BO3/c1-9-13-8-10-4-2-3-5-11(10)12(13)6-7-14(9)18-15(16)17/h2-7,16-17H,8H2,1H3. The van der Waals surface area contributed by atoms with Crippen molar-refractivity contribution < 1.29 is 14.7 Å². The Morgan fingerprint density at radius 3 is 2.61 bits per heavy atom. The molecule has 0 spiro atoms. The fourth-order valence-corrected chi connectivity index (χ4v) is 2.58. The molecule has 0 amide bonds. The second-order valence-corrected chi connectivity index (χ2v) is 4.49. The van der Waals surface area contributed by atoms with Crippen LogP contribution in [0.25, 0.3) is 11.1 Å². The highest BCUT2D eigenvalue weighted by molar-refractivity contribution is 6.33. The quantitative estimate of drug-likeness (QED) is 0.672. The van der Waals surface area contributed by atoms with Crippen molar-refractivity contribution in [1.29, 1.82) is 0 Å². The van der Waals surface area contributed by atoms with E-state index in [9.17, 15) is 0 Å². The zero-order valence-electron chi connectivity index (χ0n) is 10.1. The van der Waals surface area contributed by atoms with Crippen LogP contribution in [0.3, 0.4) is 0 Å². The maximum absolute atomic E-state index is 8.89. The smallest absolute Gasteiger partial charge is 0.512 e. The lowest BCUT2D eigenvalue weighted by molar-refractivity contribution is 0.287. The summed E-state index contributed by atoms with van der Waals surface area (Å²) < 4.78 is 4.98. The molecule has 3 rings (SSSR count). The zero-order valence-corrected chi connectivity index (χ0v) is 10.1. The van der Waals surface area contributed by atoms with Crippen LogP contribution in [0.15, 0.2) is 36.4 Å². The van der Waals surface area contributed by atoms with E-state index in [0.29, 0.717) is 5.75 Å². The van der Waals surface area contributed by atoms with Crippen molar-refractivity contribution in [2.45, 2.75) is 13.3 Å². The molecule has 0 aliphatic heterocycles. The minimum atomic E-state index is -1.77. The first-order valence-electron chi connectivity index (χ1n) is 5.90. The number of fused-ring (bicyclic) bond motifs is 3. The van der Waals surface area contributed by atoms with Gasteiger partial charge in [0.1, 0.15) is 5.75 Å². The van der Waals surface area contributed by atoms with E-state index in [1.54, 1.807) is 6.07 Å². The largest absolute Gasteiger partial charge is 0.707 e. The van der Waals surface area contributed by atoms with Gasteiger partial charge in [-0.25, -0.2) is 0 Å². The molecule has 4 heteroatoms. The van der Waals surface area contributed by atoms with Gasteiger partial charge in [0, 0.05) is 0 Å². The Morgan fingerprint density at radius 1 is 1.06 bits per heavy atom. The first-order valence-corrected chi connectivity index (χ1v) is 5.90. The molecule has 0 saturated heterocycles. The highest BCUT2D eigenvalue weighted by atomic mass is 16.6. The molecule has 1 aliphatic carbocycles.